The zero-order chi connectivity index (χ0) is 11.3. The second-order valence-corrected chi connectivity index (χ2v) is 4.03. The Bertz CT molecular complexity index is 451. The second-order valence-electron chi connectivity index (χ2n) is 2.73. The summed E-state index contributed by atoms with van der Waals surface area (Å²) >= 11 is 0. The number of hydrogen-bond donors (Lipinski definition) is 1. The summed E-state index contributed by atoms with van der Waals surface area (Å²) in [4.78, 5) is 1.48. The van der Waals surface area contributed by atoms with E-state index in [-0.39, 0.29) is 0 Å². The molecular weight excluding hydrogens is 214 g/mol. The molecule has 0 saturated carbocycles. The van der Waals surface area contributed by atoms with Gasteiger partial charge < -0.3 is 4.90 Å². The van der Waals surface area contributed by atoms with Gasteiger partial charge in [0, 0.05) is 18.1 Å². The Morgan fingerprint density at radius 2 is 1.87 bits per heavy atom. The summed E-state index contributed by atoms with van der Waals surface area (Å²) in [5.74, 6) is 0. The van der Waals surface area contributed by atoms with Crippen LogP contribution >= 0.6 is 0 Å². The Hall–Kier alpha value is -1.59. The third-order valence-electron chi connectivity index (χ3n) is 1.64. The maximum atomic E-state index is 10.5. The minimum absolute atomic E-state index is 0.696. The normalized spacial score (nSPS) is 11.5. The Kier molecular flexibility index (Phi) is 3.65. The van der Waals surface area contributed by atoms with E-state index in [1.807, 2.05) is 18.2 Å². The van der Waals surface area contributed by atoms with Gasteiger partial charge in [0.1, 0.15) is 0 Å². The molecule has 0 fully saturated rings. The molecule has 0 unspecified atom stereocenters. The maximum Gasteiger partial charge on any atom is 0.289 e. The predicted octanol–water partition coefficient (Wildman–Crippen LogP) is 2.00. The van der Waals surface area contributed by atoms with Crippen molar-refractivity contribution < 1.29 is 13.0 Å². The smallest absolute Gasteiger partial charge is 0.289 e. The third kappa shape index (κ3) is 3.97. The van der Waals surface area contributed by atoms with Gasteiger partial charge in [-0.15, -0.1) is 0 Å². The van der Waals surface area contributed by atoms with Gasteiger partial charge >= 0.3 is 0 Å². The first-order chi connectivity index (χ1) is 7.03. The van der Waals surface area contributed by atoms with Crippen LogP contribution in [0.3, 0.4) is 0 Å². The molecule has 0 heterocycles. The highest BCUT2D eigenvalue weighted by molar-refractivity contribution is 7.88. The van der Waals surface area contributed by atoms with Crippen LogP contribution < -0.4 is 4.90 Å². The fourth-order valence-electron chi connectivity index (χ4n) is 0.995. The molecule has 0 radical (unpaired) electrons. The standard InChI is InChI=1S/C10H11NO3S/c1-2-11(8-9-15(12,13)14)10-6-4-3-5-7-10/h2-9H,1H2,(H,12,13,14). The van der Waals surface area contributed by atoms with Crippen molar-refractivity contribution in [3.05, 3.63) is 54.7 Å². The maximum absolute atomic E-state index is 10.5. The van der Waals surface area contributed by atoms with Gasteiger partial charge in [-0.25, -0.2) is 0 Å². The monoisotopic (exact) mass is 225 g/mol. The highest BCUT2D eigenvalue weighted by atomic mass is 32.2. The number of hydrogen-bond acceptors (Lipinski definition) is 3. The summed E-state index contributed by atoms with van der Waals surface area (Å²) < 4.78 is 29.5. The molecule has 0 bridgehead atoms. The van der Waals surface area contributed by atoms with Crippen LogP contribution in [0.25, 0.3) is 0 Å². The van der Waals surface area contributed by atoms with Crippen molar-refractivity contribution in [2.45, 2.75) is 0 Å². The van der Waals surface area contributed by atoms with Crippen LogP contribution in [-0.4, -0.2) is 13.0 Å². The largest absolute Gasteiger partial charge is 0.324 e. The zero-order valence-electron chi connectivity index (χ0n) is 7.95. The predicted molar refractivity (Wildman–Crippen MR) is 59.8 cm³/mol. The summed E-state index contributed by atoms with van der Waals surface area (Å²) in [7, 11) is -4.11. The van der Waals surface area contributed by atoms with Gasteiger partial charge in [-0.2, -0.15) is 8.42 Å². The van der Waals surface area contributed by atoms with Crippen LogP contribution in [-0.2, 0) is 10.1 Å². The number of rotatable bonds is 4. The van der Waals surface area contributed by atoms with E-state index >= 15 is 0 Å². The van der Waals surface area contributed by atoms with E-state index in [9.17, 15) is 8.42 Å². The molecule has 0 aliphatic heterocycles. The molecule has 5 heteroatoms. The van der Waals surface area contributed by atoms with E-state index in [1.54, 1.807) is 12.1 Å². The quantitative estimate of drug-likeness (QED) is 0.796. The number of benzene rings is 1. The van der Waals surface area contributed by atoms with Crippen molar-refractivity contribution in [1.82, 2.24) is 0 Å². The van der Waals surface area contributed by atoms with Crippen LogP contribution in [0.1, 0.15) is 0 Å². The number of para-hydroxylation sites is 1. The topological polar surface area (TPSA) is 57.6 Å². The minimum Gasteiger partial charge on any atom is -0.324 e. The van der Waals surface area contributed by atoms with Crippen molar-refractivity contribution in [3.8, 4) is 0 Å². The Balaban J connectivity index is 2.92. The average Bonchev–Trinajstić information content (AvgIpc) is 2.19. The van der Waals surface area contributed by atoms with Crippen molar-refractivity contribution in [3.63, 3.8) is 0 Å². The zero-order valence-corrected chi connectivity index (χ0v) is 8.76. The van der Waals surface area contributed by atoms with Gasteiger partial charge in [-0.3, -0.25) is 4.55 Å². The molecular formula is C10H11NO3S. The lowest BCUT2D eigenvalue weighted by atomic mass is 10.3. The Morgan fingerprint density at radius 3 is 2.33 bits per heavy atom. The first kappa shape index (κ1) is 11.5. The Labute approximate surface area is 88.9 Å². The molecule has 1 aromatic rings. The summed E-state index contributed by atoms with van der Waals surface area (Å²) in [5, 5.41) is 0.696. The first-order valence-electron chi connectivity index (χ1n) is 4.14. The van der Waals surface area contributed by atoms with E-state index in [0.717, 1.165) is 5.69 Å². The third-order valence-corrected chi connectivity index (χ3v) is 2.11. The first-order valence-corrected chi connectivity index (χ1v) is 5.65. The number of nitrogens with zero attached hydrogens (tertiary/aromatic N) is 1. The molecule has 0 spiro atoms. The number of anilines is 1. The van der Waals surface area contributed by atoms with Gasteiger partial charge in [-0.05, 0) is 12.1 Å². The van der Waals surface area contributed by atoms with Crippen molar-refractivity contribution in [2.24, 2.45) is 0 Å². The van der Waals surface area contributed by atoms with Gasteiger partial charge in [0.25, 0.3) is 10.1 Å². The van der Waals surface area contributed by atoms with E-state index < -0.39 is 10.1 Å². The lowest BCUT2D eigenvalue weighted by Crippen LogP contribution is -2.06. The van der Waals surface area contributed by atoms with E-state index in [0.29, 0.717) is 5.41 Å². The van der Waals surface area contributed by atoms with Crippen LogP contribution in [0.5, 0.6) is 0 Å². The molecule has 1 N–H and O–H groups in total. The van der Waals surface area contributed by atoms with Crippen LogP contribution in [0.2, 0.25) is 0 Å². The molecule has 0 aliphatic carbocycles. The SMILES string of the molecule is C=CN(C=CS(=O)(=O)O)c1ccccc1. The van der Waals surface area contributed by atoms with Gasteiger partial charge in [0.05, 0.1) is 5.41 Å². The molecule has 0 saturated heterocycles. The lowest BCUT2D eigenvalue weighted by molar-refractivity contribution is 0.494. The summed E-state index contributed by atoms with van der Waals surface area (Å²) in [6.07, 6.45) is 2.66. The average molecular weight is 225 g/mol. The molecule has 0 atom stereocenters. The van der Waals surface area contributed by atoms with Crippen LogP contribution in [0.4, 0.5) is 5.69 Å². The molecule has 80 valence electrons. The lowest BCUT2D eigenvalue weighted by Gasteiger charge is -2.13. The highest BCUT2D eigenvalue weighted by Crippen LogP contribution is 2.13. The van der Waals surface area contributed by atoms with Crippen LogP contribution in [0, 0.1) is 0 Å². The summed E-state index contributed by atoms with van der Waals surface area (Å²) in [6, 6.07) is 9.05. The van der Waals surface area contributed by atoms with Gasteiger partial charge in [0.2, 0.25) is 0 Å². The van der Waals surface area contributed by atoms with Gasteiger partial charge in [-0.1, -0.05) is 24.8 Å². The minimum atomic E-state index is -4.11. The van der Waals surface area contributed by atoms with Crippen molar-refractivity contribution >= 4 is 15.8 Å². The molecule has 0 aromatic heterocycles. The van der Waals surface area contributed by atoms with Crippen molar-refractivity contribution in [2.75, 3.05) is 4.90 Å². The summed E-state index contributed by atoms with van der Waals surface area (Å²) in [5.41, 5.74) is 0.757. The van der Waals surface area contributed by atoms with E-state index in [1.165, 1.54) is 17.3 Å². The molecule has 1 aromatic carbocycles. The van der Waals surface area contributed by atoms with E-state index in [2.05, 4.69) is 6.58 Å². The van der Waals surface area contributed by atoms with Crippen LogP contribution in [0.15, 0.2) is 54.7 Å². The second kappa shape index (κ2) is 4.77. The molecule has 0 amide bonds. The molecule has 15 heavy (non-hydrogen) atoms. The Morgan fingerprint density at radius 1 is 1.27 bits per heavy atom. The molecule has 1 rings (SSSR count). The van der Waals surface area contributed by atoms with E-state index in [4.69, 9.17) is 4.55 Å². The van der Waals surface area contributed by atoms with Gasteiger partial charge in [0.15, 0.2) is 0 Å². The fraction of sp³-hybridized carbons (Fsp3) is 0. The highest BCUT2D eigenvalue weighted by Gasteiger charge is 2.00. The molecule has 4 nitrogen and oxygen atoms in total. The summed E-state index contributed by atoms with van der Waals surface area (Å²) in [6.45, 7) is 3.54. The van der Waals surface area contributed by atoms with Crippen molar-refractivity contribution in [1.29, 1.82) is 0 Å². The fourth-order valence-corrected chi connectivity index (χ4v) is 1.28. The molecule has 0 aliphatic rings.